The van der Waals surface area contributed by atoms with E-state index in [0.717, 1.165) is 47.3 Å². The van der Waals surface area contributed by atoms with Crippen LogP contribution in [-0.4, -0.2) is 29.8 Å². The van der Waals surface area contributed by atoms with Gasteiger partial charge in [-0.1, -0.05) is 30.0 Å². The first kappa shape index (κ1) is 21.5. The van der Waals surface area contributed by atoms with Crippen LogP contribution in [0.15, 0.2) is 77.9 Å². The molecule has 1 atom stereocenters. The second-order valence-electron chi connectivity index (χ2n) is 7.95. The molecule has 0 fully saturated rings. The zero-order valence-electron chi connectivity index (χ0n) is 18.9. The molecule has 0 saturated carbocycles. The smallest absolute Gasteiger partial charge is 0.227 e. The fraction of sp³-hybridized carbons (Fsp3) is 0.179. The number of hydrogen-bond acceptors (Lipinski definition) is 6. The minimum absolute atomic E-state index is 0.244. The van der Waals surface area contributed by atoms with Crippen LogP contribution in [0.3, 0.4) is 0 Å². The van der Waals surface area contributed by atoms with E-state index in [4.69, 9.17) is 9.47 Å². The zero-order valence-corrected chi connectivity index (χ0v) is 18.9. The normalized spacial score (nSPS) is 14.8. The maximum Gasteiger partial charge on any atom is 0.227 e. The molecule has 0 aliphatic carbocycles. The number of aromatic nitrogens is 2. The van der Waals surface area contributed by atoms with Crippen LogP contribution in [0.1, 0.15) is 18.4 Å². The van der Waals surface area contributed by atoms with Crippen molar-refractivity contribution in [2.24, 2.45) is 10.9 Å². The van der Waals surface area contributed by atoms with E-state index < -0.39 is 0 Å². The highest BCUT2D eigenvalue weighted by Gasteiger charge is 2.09. The summed E-state index contributed by atoms with van der Waals surface area (Å²) in [4.78, 5) is 13.4. The van der Waals surface area contributed by atoms with Crippen LogP contribution in [0.25, 0.3) is 10.9 Å². The van der Waals surface area contributed by atoms with Crippen LogP contribution in [0.4, 0.5) is 11.6 Å². The van der Waals surface area contributed by atoms with Crippen LogP contribution >= 0.6 is 0 Å². The number of fused-ring (bicyclic) bond motifs is 1. The molecule has 1 aliphatic heterocycles. The molecule has 5 rings (SSSR count). The fourth-order valence-corrected chi connectivity index (χ4v) is 3.71. The molecule has 3 aromatic carbocycles. The number of methoxy groups -OCH3 is 1. The standard InChI is InChI=1S/C28H24N4O2/c1-33-27-17-23(12-14-26(27)34-24-7-3-2-4-8-24)31-28-30-19-22-16-20(11-13-25(22)32-28)9-10-21-6-5-15-29-18-21/h2-4,7-8,11-14,16-19,21H,5-6,15H2,1H3,(H,30,31,32). The minimum Gasteiger partial charge on any atom is -0.493 e. The summed E-state index contributed by atoms with van der Waals surface area (Å²) in [7, 11) is 1.62. The average Bonchev–Trinajstić information content (AvgIpc) is 2.89. The summed E-state index contributed by atoms with van der Waals surface area (Å²) in [6, 6.07) is 21.2. The van der Waals surface area contributed by atoms with Gasteiger partial charge in [-0.15, -0.1) is 0 Å². The third-order valence-electron chi connectivity index (χ3n) is 5.46. The predicted octanol–water partition coefficient (Wildman–Crippen LogP) is 6.01. The molecule has 0 spiro atoms. The number of anilines is 2. The number of nitrogens with one attached hydrogen (secondary N) is 1. The molecule has 1 aromatic heterocycles. The van der Waals surface area contributed by atoms with Crippen molar-refractivity contribution in [3.63, 3.8) is 0 Å². The number of benzene rings is 3. The summed E-state index contributed by atoms with van der Waals surface area (Å²) in [6.07, 6.45) is 5.95. The van der Waals surface area contributed by atoms with Crippen molar-refractivity contribution in [1.82, 2.24) is 9.97 Å². The molecule has 1 unspecified atom stereocenters. The summed E-state index contributed by atoms with van der Waals surface area (Å²) in [5, 5.41) is 4.19. The van der Waals surface area contributed by atoms with Crippen LogP contribution in [-0.2, 0) is 0 Å². The van der Waals surface area contributed by atoms with Crippen molar-refractivity contribution in [2.45, 2.75) is 12.8 Å². The van der Waals surface area contributed by atoms with Gasteiger partial charge in [0.25, 0.3) is 0 Å². The largest absolute Gasteiger partial charge is 0.493 e. The molecule has 168 valence electrons. The van der Waals surface area contributed by atoms with E-state index in [1.54, 1.807) is 7.11 Å². The number of ether oxygens (including phenoxy) is 2. The maximum atomic E-state index is 5.93. The van der Waals surface area contributed by atoms with Gasteiger partial charge >= 0.3 is 0 Å². The van der Waals surface area contributed by atoms with Crippen molar-refractivity contribution < 1.29 is 9.47 Å². The Labute approximate surface area is 198 Å². The maximum absolute atomic E-state index is 5.93. The topological polar surface area (TPSA) is 68.6 Å². The molecule has 1 aliphatic rings. The Bertz CT molecular complexity index is 1390. The van der Waals surface area contributed by atoms with E-state index in [2.05, 4.69) is 32.1 Å². The lowest BCUT2D eigenvalue weighted by molar-refractivity contribution is 0.379. The summed E-state index contributed by atoms with van der Waals surface area (Å²) >= 11 is 0. The quantitative estimate of drug-likeness (QED) is 0.379. The average molecular weight is 449 g/mol. The number of rotatable bonds is 5. The highest BCUT2D eigenvalue weighted by Crippen LogP contribution is 2.34. The molecule has 4 aromatic rings. The number of hydrogen-bond donors (Lipinski definition) is 1. The Hall–Kier alpha value is -4.37. The molecule has 6 heteroatoms. The Morgan fingerprint density at radius 2 is 1.91 bits per heavy atom. The first-order valence-corrected chi connectivity index (χ1v) is 11.2. The van der Waals surface area contributed by atoms with Crippen molar-refractivity contribution in [3.8, 4) is 29.1 Å². The molecular weight excluding hydrogens is 424 g/mol. The highest BCUT2D eigenvalue weighted by molar-refractivity contribution is 5.81. The van der Waals surface area contributed by atoms with E-state index >= 15 is 0 Å². The van der Waals surface area contributed by atoms with Gasteiger partial charge in [-0.05, 0) is 55.3 Å². The van der Waals surface area contributed by atoms with Gasteiger partial charge in [-0.25, -0.2) is 9.97 Å². The molecule has 6 nitrogen and oxygen atoms in total. The summed E-state index contributed by atoms with van der Waals surface area (Å²) in [6.45, 7) is 0.917. The van der Waals surface area contributed by atoms with Crippen LogP contribution in [0, 0.1) is 17.8 Å². The first-order chi connectivity index (χ1) is 16.8. The van der Waals surface area contributed by atoms with Crippen molar-refractivity contribution in [1.29, 1.82) is 0 Å². The van der Waals surface area contributed by atoms with Gasteiger partial charge in [0, 0.05) is 41.7 Å². The Balaban J connectivity index is 1.32. The fourth-order valence-electron chi connectivity index (χ4n) is 3.71. The molecule has 34 heavy (non-hydrogen) atoms. The van der Waals surface area contributed by atoms with Crippen LogP contribution in [0.5, 0.6) is 17.2 Å². The van der Waals surface area contributed by atoms with E-state index in [-0.39, 0.29) is 5.92 Å². The van der Waals surface area contributed by atoms with Crippen molar-refractivity contribution in [2.75, 3.05) is 19.0 Å². The molecular formula is C28H24N4O2. The second-order valence-corrected chi connectivity index (χ2v) is 7.95. The molecule has 0 bridgehead atoms. The predicted molar refractivity (Wildman–Crippen MR) is 135 cm³/mol. The van der Waals surface area contributed by atoms with Gasteiger partial charge < -0.3 is 14.8 Å². The van der Waals surface area contributed by atoms with Crippen LogP contribution < -0.4 is 14.8 Å². The Morgan fingerprint density at radius 1 is 1.00 bits per heavy atom. The lowest BCUT2D eigenvalue weighted by atomic mass is 10.0. The second kappa shape index (κ2) is 10.1. The highest BCUT2D eigenvalue weighted by atomic mass is 16.5. The third kappa shape index (κ3) is 5.16. The molecule has 0 radical (unpaired) electrons. The van der Waals surface area contributed by atoms with E-state index in [1.165, 1.54) is 0 Å². The van der Waals surface area contributed by atoms with E-state index in [0.29, 0.717) is 17.4 Å². The number of aliphatic imine (C=N–C) groups is 1. The third-order valence-corrected chi connectivity index (χ3v) is 5.46. The van der Waals surface area contributed by atoms with E-state index in [1.807, 2.05) is 79.1 Å². The van der Waals surface area contributed by atoms with Gasteiger partial charge in [-0.3, -0.25) is 4.99 Å². The SMILES string of the molecule is COc1cc(Nc2ncc3cc(C#CC4C=NCCC4)ccc3n2)ccc1Oc1ccccc1. The molecule has 2 heterocycles. The zero-order chi connectivity index (χ0) is 23.2. The van der Waals surface area contributed by atoms with Gasteiger partial charge in [0.1, 0.15) is 5.75 Å². The Kier molecular flexibility index (Phi) is 6.35. The molecule has 0 saturated heterocycles. The van der Waals surface area contributed by atoms with E-state index in [9.17, 15) is 0 Å². The molecule has 1 N–H and O–H groups in total. The van der Waals surface area contributed by atoms with Gasteiger partial charge in [0.15, 0.2) is 11.5 Å². The number of para-hydroxylation sites is 1. The lowest BCUT2D eigenvalue weighted by Gasteiger charge is -2.12. The van der Waals surface area contributed by atoms with Gasteiger partial charge in [-0.2, -0.15) is 0 Å². The van der Waals surface area contributed by atoms with Gasteiger partial charge in [0.05, 0.1) is 18.5 Å². The summed E-state index contributed by atoms with van der Waals surface area (Å²) in [5.74, 6) is 9.30. The molecule has 0 amide bonds. The van der Waals surface area contributed by atoms with Crippen LogP contribution in [0.2, 0.25) is 0 Å². The monoisotopic (exact) mass is 448 g/mol. The van der Waals surface area contributed by atoms with Crippen molar-refractivity contribution >= 4 is 28.8 Å². The first-order valence-electron chi connectivity index (χ1n) is 11.2. The Morgan fingerprint density at radius 3 is 2.74 bits per heavy atom. The van der Waals surface area contributed by atoms with Crippen molar-refractivity contribution in [3.05, 3.63) is 78.5 Å². The summed E-state index contributed by atoms with van der Waals surface area (Å²) in [5.41, 5.74) is 2.60. The lowest BCUT2D eigenvalue weighted by Crippen LogP contribution is -2.05. The number of nitrogens with zero attached hydrogens (tertiary/aromatic N) is 3. The van der Waals surface area contributed by atoms with Gasteiger partial charge in [0.2, 0.25) is 5.95 Å². The summed E-state index contributed by atoms with van der Waals surface area (Å²) < 4.78 is 11.4. The minimum atomic E-state index is 0.244.